The summed E-state index contributed by atoms with van der Waals surface area (Å²) >= 11 is 0. The van der Waals surface area contributed by atoms with Gasteiger partial charge in [-0.2, -0.15) is 0 Å². The Morgan fingerprint density at radius 3 is 2.70 bits per heavy atom. The molecule has 5 heteroatoms. The molecule has 1 unspecified atom stereocenters. The molecule has 0 fully saturated rings. The molecule has 2 aromatic heterocycles. The van der Waals surface area contributed by atoms with Crippen LogP contribution in [0.2, 0.25) is 0 Å². The summed E-state index contributed by atoms with van der Waals surface area (Å²) in [6, 6.07) is 2.31. The normalized spacial score (nSPS) is 13.0. The first-order chi connectivity index (χ1) is 11.0. The molecule has 5 nitrogen and oxygen atoms in total. The minimum absolute atomic E-state index is 0.196. The third kappa shape index (κ3) is 4.67. The van der Waals surface area contributed by atoms with Gasteiger partial charge in [0.05, 0.1) is 5.52 Å². The highest BCUT2D eigenvalue weighted by Crippen LogP contribution is 2.24. The fraction of sp³-hybridized carbons (Fsp3) is 0.667. The van der Waals surface area contributed by atoms with Crippen molar-refractivity contribution >= 4 is 16.9 Å². The van der Waals surface area contributed by atoms with E-state index in [2.05, 4.69) is 52.9 Å². The molecular weight excluding hydrogens is 288 g/mol. The quantitative estimate of drug-likeness (QED) is 0.739. The first-order valence-corrected chi connectivity index (χ1v) is 8.76. The van der Waals surface area contributed by atoms with E-state index in [4.69, 9.17) is 0 Å². The van der Waals surface area contributed by atoms with Gasteiger partial charge in [0.1, 0.15) is 11.3 Å². The van der Waals surface area contributed by atoms with Gasteiger partial charge < -0.3 is 15.0 Å². The van der Waals surface area contributed by atoms with Crippen LogP contribution in [0.3, 0.4) is 0 Å². The van der Waals surface area contributed by atoms with Gasteiger partial charge in [0, 0.05) is 25.4 Å². The first kappa shape index (κ1) is 17.7. The lowest BCUT2D eigenvalue weighted by Crippen LogP contribution is -2.22. The number of rotatable bonds is 9. The van der Waals surface area contributed by atoms with Crippen molar-refractivity contribution in [2.24, 2.45) is 5.92 Å². The van der Waals surface area contributed by atoms with E-state index in [-0.39, 0.29) is 12.6 Å². The van der Waals surface area contributed by atoms with Crippen molar-refractivity contribution in [2.45, 2.75) is 66.0 Å². The Balaban J connectivity index is 2.34. The van der Waals surface area contributed by atoms with Crippen LogP contribution in [0.4, 0.5) is 5.82 Å². The van der Waals surface area contributed by atoms with Gasteiger partial charge in [0.15, 0.2) is 5.82 Å². The summed E-state index contributed by atoms with van der Waals surface area (Å²) in [6.07, 6.45) is 6.20. The van der Waals surface area contributed by atoms with Crippen molar-refractivity contribution < 1.29 is 5.11 Å². The van der Waals surface area contributed by atoms with Crippen LogP contribution in [0.15, 0.2) is 12.3 Å². The molecule has 128 valence electrons. The van der Waals surface area contributed by atoms with Crippen molar-refractivity contribution in [3.8, 4) is 0 Å². The summed E-state index contributed by atoms with van der Waals surface area (Å²) in [5.41, 5.74) is 2.06. The highest BCUT2D eigenvalue weighted by atomic mass is 16.3. The summed E-state index contributed by atoms with van der Waals surface area (Å²) in [5, 5.41) is 12.9. The monoisotopic (exact) mass is 318 g/mol. The maximum Gasteiger partial charge on any atom is 0.154 e. The second-order valence-corrected chi connectivity index (χ2v) is 6.71. The summed E-state index contributed by atoms with van der Waals surface area (Å²) in [7, 11) is 0. The maximum absolute atomic E-state index is 9.34. The number of anilines is 1. The molecule has 0 aliphatic carbocycles. The largest absolute Gasteiger partial charge is 0.396 e. The Bertz CT molecular complexity index is 621. The molecule has 0 saturated heterocycles. The van der Waals surface area contributed by atoms with Crippen LogP contribution in [0.5, 0.6) is 0 Å². The van der Waals surface area contributed by atoms with Crippen LogP contribution in [0, 0.1) is 12.8 Å². The zero-order chi connectivity index (χ0) is 16.8. The van der Waals surface area contributed by atoms with Crippen molar-refractivity contribution in [3.63, 3.8) is 0 Å². The van der Waals surface area contributed by atoms with Crippen molar-refractivity contribution in [3.05, 3.63) is 18.1 Å². The smallest absolute Gasteiger partial charge is 0.154 e. The van der Waals surface area contributed by atoms with Crippen molar-refractivity contribution in [1.29, 1.82) is 0 Å². The van der Waals surface area contributed by atoms with E-state index in [1.165, 1.54) is 0 Å². The van der Waals surface area contributed by atoms with Gasteiger partial charge in [-0.25, -0.2) is 9.97 Å². The predicted molar refractivity (Wildman–Crippen MR) is 95.7 cm³/mol. The topological polar surface area (TPSA) is 63.0 Å². The molecule has 0 aliphatic heterocycles. The van der Waals surface area contributed by atoms with Gasteiger partial charge in [-0.1, -0.05) is 33.6 Å². The number of aliphatic hydroxyl groups is 1. The van der Waals surface area contributed by atoms with E-state index in [1.54, 1.807) is 0 Å². The molecule has 0 radical (unpaired) electrons. The molecule has 2 heterocycles. The van der Waals surface area contributed by atoms with Gasteiger partial charge in [0.2, 0.25) is 0 Å². The minimum atomic E-state index is 0.196. The molecule has 1 atom stereocenters. The average molecular weight is 318 g/mol. The molecule has 2 N–H and O–H groups in total. The SMILES string of the molecule is CCCCC(CCO)Nc1nc(C)nc2ccn(CC(C)C)c12. The highest BCUT2D eigenvalue weighted by Gasteiger charge is 2.15. The molecular formula is C18H30N4O. The van der Waals surface area contributed by atoms with E-state index < -0.39 is 0 Å². The van der Waals surface area contributed by atoms with Crippen LogP contribution in [0.25, 0.3) is 11.0 Å². The van der Waals surface area contributed by atoms with E-state index >= 15 is 0 Å². The fourth-order valence-corrected chi connectivity index (χ4v) is 2.96. The zero-order valence-electron chi connectivity index (χ0n) is 14.8. The van der Waals surface area contributed by atoms with Crippen LogP contribution in [0.1, 0.15) is 52.3 Å². The number of hydrogen-bond acceptors (Lipinski definition) is 4. The van der Waals surface area contributed by atoms with Gasteiger partial charge in [0.25, 0.3) is 0 Å². The Kier molecular flexibility index (Phi) is 6.39. The van der Waals surface area contributed by atoms with E-state index in [0.29, 0.717) is 5.92 Å². The fourth-order valence-electron chi connectivity index (χ4n) is 2.96. The molecule has 0 aromatic carbocycles. The summed E-state index contributed by atoms with van der Waals surface area (Å²) in [6.45, 7) is 9.69. The molecule has 0 bridgehead atoms. The van der Waals surface area contributed by atoms with Gasteiger partial charge in [-0.05, 0) is 31.7 Å². The van der Waals surface area contributed by atoms with Gasteiger partial charge in [-0.15, -0.1) is 0 Å². The molecule has 0 amide bonds. The number of aryl methyl sites for hydroxylation is 1. The Hall–Kier alpha value is -1.62. The zero-order valence-corrected chi connectivity index (χ0v) is 14.8. The van der Waals surface area contributed by atoms with E-state index in [1.807, 2.05) is 6.92 Å². The second-order valence-electron chi connectivity index (χ2n) is 6.71. The number of unbranched alkanes of at least 4 members (excludes halogenated alkanes) is 1. The van der Waals surface area contributed by atoms with Gasteiger partial charge in [-0.3, -0.25) is 0 Å². The number of hydrogen-bond donors (Lipinski definition) is 2. The molecule has 0 saturated carbocycles. The molecule has 0 spiro atoms. The van der Waals surface area contributed by atoms with E-state index in [0.717, 1.165) is 54.9 Å². The average Bonchev–Trinajstić information content (AvgIpc) is 2.87. The number of aromatic nitrogens is 3. The lowest BCUT2D eigenvalue weighted by atomic mass is 10.1. The van der Waals surface area contributed by atoms with Crippen LogP contribution >= 0.6 is 0 Å². The molecule has 23 heavy (non-hydrogen) atoms. The van der Waals surface area contributed by atoms with Crippen LogP contribution in [-0.2, 0) is 6.54 Å². The van der Waals surface area contributed by atoms with Crippen molar-refractivity contribution in [2.75, 3.05) is 11.9 Å². The Morgan fingerprint density at radius 1 is 1.26 bits per heavy atom. The number of nitrogens with one attached hydrogen (secondary N) is 1. The second kappa shape index (κ2) is 8.29. The van der Waals surface area contributed by atoms with Crippen molar-refractivity contribution in [1.82, 2.24) is 14.5 Å². The summed E-state index contributed by atoms with van der Waals surface area (Å²) in [5.74, 6) is 2.24. The number of fused-ring (bicyclic) bond motifs is 1. The van der Waals surface area contributed by atoms with Gasteiger partial charge >= 0.3 is 0 Å². The number of nitrogens with zero attached hydrogens (tertiary/aromatic N) is 3. The molecule has 2 aromatic rings. The van der Waals surface area contributed by atoms with Crippen LogP contribution < -0.4 is 5.32 Å². The lowest BCUT2D eigenvalue weighted by Gasteiger charge is -2.20. The first-order valence-electron chi connectivity index (χ1n) is 8.76. The standard InChI is InChI=1S/C18H30N4O/c1-5-6-7-15(9-11-23)21-18-17-16(19-14(4)20-18)8-10-22(17)12-13(2)3/h8,10,13,15,23H,5-7,9,11-12H2,1-4H3,(H,19,20,21). The maximum atomic E-state index is 9.34. The third-order valence-corrected chi connectivity index (χ3v) is 4.01. The summed E-state index contributed by atoms with van der Waals surface area (Å²) < 4.78 is 2.23. The van der Waals surface area contributed by atoms with E-state index in [9.17, 15) is 5.11 Å². The third-order valence-electron chi connectivity index (χ3n) is 4.01. The summed E-state index contributed by atoms with van der Waals surface area (Å²) in [4.78, 5) is 9.21. The predicted octanol–water partition coefficient (Wildman–Crippen LogP) is 3.75. The highest BCUT2D eigenvalue weighted by molar-refractivity contribution is 5.86. The lowest BCUT2D eigenvalue weighted by molar-refractivity contribution is 0.276. The Labute approximate surface area is 139 Å². The molecule has 0 aliphatic rings. The minimum Gasteiger partial charge on any atom is -0.396 e. The number of aliphatic hydroxyl groups excluding tert-OH is 1. The van der Waals surface area contributed by atoms with Crippen LogP contribution in [-0.4, -0.2) is 32.3 Å². The molecule has 2 rings (SSSR count). The Morgan fingerprint density at radius 2 is 2.04 bits per heavy atom.